The van der Waals surface area contributed by atoms with Crippen molar-refractivity contribution in [3.63, 3.8) is 0 Å². The third kappa shape index (κ3) is 25.8. The number of benzene rings is 2. The second-order valence-electron chi connectivity index (χ2n) is 32.0. The number of nitrogens with one attached hydrogen (secondary N) is 5. The Hall–Kier alpha value is -8.04. The van der Waals surface area contributed by atoms with E-state index in [-0.39, 0.29) is 56.0 Å². The minimum atomic E-state index is -3.14. The zero-order valence-corrected chi connectivity index (χ0v) is 70.5. The summed E-state index contributed by atoms with van der Waals surface area (Å²) >= 11 is 0. The molecule has 0 radical (unpaired) electrons. The molecule has 10 amide bonds. The minimum Gasteiger partial charge on any atom is -0.480 e. The number of amides is 10. The number of aliphatic carboxylic acids is 1. The van der Waals surface area contributed by atoms with E-state index < -0.39 is 175 Å². The molecule has 2 aromatic carbocycles. The highest BCUT2D eigenvalue weighted by molar-refractivity contribution is 6.99. The number of esters is 1. The van der Waals surface area contributed by atoms with E-state index in [9.17, 15) is 38.7 Å². The van der Waals surface area contributed by atoms with E-state index in [1.807, 2.05) is 84.9 Å². The molecule has 0 saturated heterocycles. The molecule has 0 bridgehead atoms. The summed E-state index contributed by atoms with van der Waals surface area (Å²) in [5.41, 5.74) is 0. The number of nitrogens with zero attached hydrogens (tertiary/aromatic N) is 6. The second kappa shape index (κ2) is 43.2. The molecule has 26 nitrogen and oxygen atoms in total. The zero-order chi connectivity index (χ0) is 82.2. The van der Waals surface area contributed by atoms with E-state index in [1.54, 1.807) is 81.6 Å². The Kier molecular flexibility index (Phi) is 38.4. The van der Waals surface area contributed by atoms with Crippen LogP contribution in [0.4, 0.5) is 0 Å². The van der Waals surface area contributed by atoms with Crippen LogP contribution in [0.15, 0.2) is 72.8 Å². The molecule has 2 aromatic rings. The highest BCUT2D eigenvalue weighted by atomic mass is 28.4. The van der Waals surface area contributed by atoms with Crippen molar-refractivity contribution in [3.05, 3.63) is 72.8 Å². The first-order valence-electron chi connectivity index (χ1n) is 37.9. The van der Waals surface area contributed by atoms with Crippen LogP contribution in [-0.4, -0.2) is 242 Å². The van der Waals surface area contributed by atoms with Gasteiger partial charge in [-0.1, -0.05) is 184 Å². The van der Waals surface area contributed by atoms with E-state index in [0.29, 0.717) is 6.42 Å². The van der Waals surface area contributed by atoms with Gasteiger partial charge < -0.3 is 70.3 Å². The van der Waals surface area contributed by atoms with Gasteiger partial charge in [0.25, 0.3) is 8.32 Å². The Balaban J connectivity index is 2.55. The largest absolute Gasteiger partial charge is 0.480 e. The van der Waals surface area contributed by atoms with Crippen molar-refractivity contribution in [2.24, 2.45) is 41.4 Å². The molecule has 0 aliphatic rings. The predicted molar refractivity (Wildman–Crippen MR) is 420 cm³/mol. The number of carboxylic acids is 1. The summed E-state index contributed by atoms with van der Waals surface area (Å²) in [4.78, 5) is 180. The maximum Gasteiger partial charge on any atom is 0.326 e. The first kappa shape index (κ1) is 95.0. The number of ether oxygens (including phenoxy) is 1. The van der Waals surface area contributed by atoms with E-state index in [4.69, 9.17) is 9.16 Å². The van der Waals surface area contributed by atoms with Gasteiger partial charge in [-0.15, -0.1) is 0 Å². The van der Waals surface area contributed by atoms with Crippen LogP contribution in [0.25, 0.3) is 0 Å². The summed E-state index contributed by atoms with van der Waals surface area (Å²) in [7, 11) is 7.14. The summed E-state index contributed by atoms with van der Waals surface area (Å²) in [6, 6.07) is 6.76. The summed E-state index contributed by atoms with van der Waals surface area (Å²) in [5, 5.41) is 25.5. The van der Waals surface area contributed by atoms with Crippen molar-refractivity contribution < 1.29 is 71.8 Å². The molecule has 0 aromatic heterocycles. The molecule has 0 saturated carbocycles. The van der Waals surface area contributed by atoms with E-state index in [2.05, 4.69) is 71.6 Å². The normalized spacial score (nSPS) is 15.9. The first-order valence-corrected chi connectivity index (χ1v) is 39.8. The second-order valence-corrected chi connectivity index (χ2v) is 36.3. The Bertz CT molecular complexity index is 3270. The summed E-state index contributed by atoms with van der Waals surface area (Å²) < 4.78 is 13.1. The lowest BCUT2D eigenvalue weighted by Crippen LogP contribution is -2.67. The van der Waals surface area contributed by atoms with Crippen LogP contribution >= 0.6 is 0 Å². The van der Waals surface area contributed by atoms with Crippen LogP contribution in [0.3, 0.4) is 0 Å². The number of allylic oxidation sites excluding steroid dienone is 2. The number of carboxylic acid groups (broad SMARTS) is 1. The summed E-state index contributed by atoms with van der Waals surface area (Å²) in [6.45, 7) is 37.3. The smallest absolute Gasteiger partial charge is 0.326 e. The summed E-state index contributed by atoms with van der Waals surface area (Å²) in [6.07, 6.45) is 2.99. The lowest BCUT2D eigenvalue weighted by molar-refractivity contribution is -0.164. The van der Waals surface area contributed by atoms with Crippen molar-refractivity contribution >= 4 is 89.7 Å². The zero-order valence-electron chi connectivity index (χ0n) is 69.5. The van der Waals surface area contributed by atoms with Crippen LogP contribution in [0.2, 0.25) is 5.04 Å². The lowest BCUT2D eigenvalue weighted by Gasteiger charge is -2.44. The fraction of sp³-hybridized carbons (Fsp3) is 0.675. The maximum atomic E-state index is 15.2. The predicted octanol–water partition coefficient (Wildman–Crippen LogP) is 6.23. The molecule has 0 unspecified atom stereocenters. The molecule has 0 aliphatic carbocycles. The van der Waals surface area contributed by atoms with Crippen molar-refractivity contribution in [1.82, 2.24) is 56.0 Å². The molecule has 2 rings (SSSR count). The molecule has 14 atom stereocenters. The number of rotatable bonds is 42. The van der Waals surface area contributed by atoms with Gasteiger partial charge in [0.15, 0.2) is 0 Å². The molecule has 107 heavy (non-hydrogen) atoms. The average Bonchev–Trinajstić information content (AvgIpc) is 0.746. The molecule has 0 spiro atoms. The molecule has 0 aliphatic heterocycles. The Morgan fingerprint density at radius 1 is 0.486 bits per heavy atom. The van der Waals surface area contributed by atoms with Gasteiger partial charge in [0.2, 0.25) is 59.1 Å². The molecular formula is C80H133N11O15Si. The van der Waals surface area contributed by atoms with Crippen molar-refractivity contribution in [2.45, 2.75) is 255 Å². The quantitative estimate of drug-likeness (QED) is 0.0244. The first-order chi connectivity index (χ1) is 49.6. The number of likely N-dealkylation sites (N-methyl/N-ethyl adjacent to an activating group) is 7. The number of carbonyl (C=O) groups excluding carboxylic acids is 11. The third-order valence-electron chi connectivity index (χ3n) is 20.1. The van der Waals surface area contributed by atoms with Gasteiger partial charge in [0.05, 0.1) is 6.04 Å². The van der Waals surface area contributed by atoms with E-state index in [0.717, 1.165) is 22.2 Å². The molecule has 602 valence electrons. The molecule has 6 N–H and O–H groups in total. The van der Waals surface area contributed by atoms with E-state index in [1.165, 1.54) is 73.6 Å². The number of hydrogen-bond donors (Lipinski definition) is 6. The van der Waals surface area contributed by atoms with Gasteiger partial charge in [0.1, 0.15) is 66.5 Å². The highest BCUT2D eigenvalue weighted by Gasteiger charge is 2.52. The van der Waals surface area contributed by atoms with Crippen molar-refractivity contribution in [3.8, 4) is 0 Å². The molecule has 0 heterocycles. The van der Waals surface area contributed by atoms with Crippen LogP contribution in [0.1, 0.15) is 178 Å². The van der Waals surface area contributed by atoms with Gasteiger partial charge in [-0.2, -0.15) is 0 Å². The average molecular weight is 1520 g/mol. The van der Waals surface area contributed by atoms with Crippen molar-refractivity contribution in [1.29, 1.82) is 0 Å². The van der Waals surface area contributed by atoms with Crippen LogP contribution < -0.4 is 37.0 Å². The van der Waals surface area contributed by atoms with Gasteiger partial charge in [-0.05, 0) is 118 Å². The Morgan fingerprint density at radius 2 is 0.907 bits per heavy atom. The molecule has 27 heteroatoms. The standard InChI is InChI=1S/C80H133N11O15Si/c1-29-31-38-52(13)68(106-57(18)92)67(72(96)84-60(30-2)79(103)104)91(28)78(102)65(51(11)12)89(26)76(100)63(45-49(7)8)88(25)75(99)62(44-48(5)6)87(24)74(98)56(17)83-69(93)54(15)82-70(94)61(43-47(3)4)86(23)77(101)64(50(9)10)85-71(95)66(90(27)73(97)55(16)81-22)53(14)46-105-107(80(19,20)21,58-39-34-32-35-40-58)59-41-36-33-37-42-59/h29,31-37,39-42,47-56,60-68,81H,30,38,43-46H2,1-28H3,(H,82,94)(H,83,93)(H,84,96)(H,85,95)(H,103,104)/b31-29+/t52-,53-,54+,55-,56-,60+,61+,62+,63+,64+,65+,66+,67+,68-/m1/s1. The lowest BCUT2D eigenvalue weighted by atomic mass is 9.91. The summed E-state index contributed by atoms with van der Waals surface area (Å²) in [5.74, 6) is -11.5. The van der Waals surface area contributed by atoms with Crippen molar-refractivity contribution in [2.75, 3.05) is 55.9 Å². The van der Waals surface area contributed by atoms with Gasteiger partial charge >= 0.3 is 11.9 Å². The number of carbonyl (C=O) groups is 12. The van der Waals surface area contributed by atoms with Crippen LogP contribution in [0, 0.1) is 41.4 Å². The molecule has 0 fully saturated rings. The van der Waals surface area contributed by atoms with Crippen LogP contribution in [-0.2, 0) is 66.7 Å². The Labute approximate surface area is 639 Å². The third-order valence-corrected chi connectivity index (χ3v) is 25.1. The van der Waals surface area contributed by atoms with Gasteiger partial charge in [-0.3, -0.25) is 52.7 Å². The number of hydrogen-bond acceptors (Lipinski definition) is 15. The Morgan fingerprint density at radius 3 is 1.33 bits per heavy atom. The topological polar surface area (TPSA) is 323 Å². The molecular weight excluding hydrogens is 1380 g/mol. The minimum absolute atomic E-state index is 0.00210. The SMILES string of the molecule is C/C=C/C[C@@H](C)[C@@H](OC(C)=O)[C@@H](C(=O)N[C@@H](CC)C(=O)O)N(C)C(=O)[C@H](C(C)C)N(C)C(=O)[C@H](CC(C)C)N(C)C(=O)[C@H](CC(C)C)N(C)C(=O)[C@@H](C)NC(=O)[C@H](C)NC(=O)[C@H](CC(C)C)N(C)C(=O)[C@@H](NC(=O)[C@H]([C@H](C)CO[Si](c1ccccc1)(c1ccccc1)C(C)(C)C)N(C)C(=O)[C@@H](C)NC)C(C)C. The highest BCUT2D eigenvalue weighted by Crippen LogP contribution is 2.38. The van der Waals surface area contributed by atoms with E-state index >= 15 is 24.0 Å². The monoisotopic (exact) mass is 1520 g/mol. The maximum absolute atomic E-state index is 15.2. The van der Waals surface area contributed by atoms with Gasteiger partial charge in [-0.25, -0.2) is 4.79 Å². The fourth-order valence-electron chi connectivity index (χ4n) is 13.8. The fourth-order valence-corrected chi connectivity index (χ4v) is 18.5. The van der Waals surface area contributed by atoms with Crippen LogP contribution in [0.5, 0.6) is 0 Å². The van der Waals surface area contributed by atoms with Gasteiger partial charge in [0, 0.05) is 61.7 Å².